The molecule has 4 rings (SSSR count). The van der Waals surface area contributed by atoms with Crippen LogP contribution < -0.4 is 16.0 Å². The second-order valence-electron chi connectivity index (χ2n) is 6.56. The fourth-order valence-electron chi connectivity index (χ4n) is 3.13. The van der Waals surface area contributed by atoms with Crippen molar-refractivity contribution in [1.82, 2.24) is 15.0 Å². The number of hydrogen-bond donors (Lipinski definition) is 2. The van der Waals surface area contributed by atoms with Gasteiger partial charge in [-0.2, -0.15) is 0 Å². The first-order valence-electron chi connectivity index (χ1n) is 8.94. The van der Waals surface area contributed by atoms with E-state index in [1.165, 1.54) is 0 Å². The molecule has 9 heteroatoms. The fourth-order valence-corrected chi connectivity index (χ4v) is 4.23. The summed E-state index contributed by atoms with van der Waals surface area (Å²) in [6, 6.07) is 9.24. The number of primary amides is 1. The van der Waals surface area contributed by atoms with Gasteiger partial charge in [-0.05, 0) is 37.1 Å². The van der Waals surface area contributed by atoms with Crippen molar-refractivity contribution in [2.45, 2.75) is 12.8 Å². The molecule has 0 spiro atoms. The molecular weight excluding hydrogens is 396 g/mol. The molecule has 0 radical (unpaired) electrons. The highest BCUT2D eigenvalue weighted by molar-refractivity contribution is 7.18. The number of carbonyl (C=O) groups is 1. The number of nitrogens with zero attached hydrogens (tertiary/aromatic N) is 4. The molecule has 1 amide bonds. The van der Waals surface area contributed by atoms with Crippen molar-refractivity contribution in [2.24, 2.45) is 11.7 Å². The van der Waals surface area contributed by atoms with E-state index in [0.29, 0.717) is 16.7 Å². The van der Waals surface area contributed by atoms with Crippen molar-refractivity contribution < 1.29 is 4.79 Å². The van der Waals surface area contributed by atoms with Crippen LogP contribution in [0.1, 0.15) is 12.8 Å². The number of piperidine rings is 1. The molecule has 28 heavy (non-hydrogen) atoms. The van der Waals surface area contributed by atoms with Gasteiger partial charge in [0.1, 0.15) is 11.6 Å². The van der Waals surface area contributed by atoms with Gasteiger partial charge in [-0.1, -0.05) is 29.0 Å². The highest BCUT2D eigenvalue weighted by Gasteiger charge is 2.24. The first-order chi connectivity index (χ1) is 13.6. The van der Waals surface area contributed by atoms with Crippen LogP contribution in [0.15, 0.2) is 42.7 Å². The summed E-state index contributed by atoms with van der Waals surface area (Å²) in [5.74, 6) is 1.09. The van der Waals surface area contributed by atoms with Gasteiger partial charge in [0, 0.05) is 36.4 Å². The molecular formula is C19H19ClN6OS. The van der Waals surface area contributed by atoms with E-state index in [0.717, 1.165) is 41.6 Å². The van der Waals surface area contributed by atoms with Crippen LogP contribution in [0.5, 0.6) is 0 Å². The average Bonchev–Trinajstić information content (AvgIpc) is 3.19. The van der Waals surface area contributed by atoms with Crippen LogP contribution in [0.2, 0.25) is 5.02 Å². The maximum atomic E-state index is 11.3. The van der Waals surface area contributed by atoms with E-state index in [1.54, 1.807) is 29.7 Å². The molecule has 0 saturated carbocycles. The van der Waals surface area contributed by atoms with Gasteiger partial charge in [0.15, 0.2) is 5.13 Å². The van der Waals surface area contributed by atoms with Crippen molar-refractivity contribution in [2.75, 3.05) is 23.3 Å². The van der Waals surface area contributed by atoms with Gasteiger partial charge in [0.25, 0.3) is 0 Å². The van der Waals surface area contributed by atoms with Gasteiger partial charge in [-0.15, -0.1) is 0 Å². The van der Waals surface area contributed by atoms with Crippen LogP contribution >= 0.6 is 22.9 Å². The van der Waals surface area contributed by atoms with E-state index in [4.69, 9.17) is 17.3 Å². The van der Waals surface area contributed by atoms with Crippen LogP contribution in [0.4, 0.5) is 16.8 Å². The minimum absolute atomic E-state index is 0.0276. The predicted octanol–water partition coefficient (Wildman–Crippen LogP) is 3.70. The topological polar surface area (TPSA) is 97.0 Å². The number of halogens is 1. The molecule has 3 N–H and O–H groups in total. The average molecular weight is 415 g/mol. The number of pyridine rings is 2. The Morgan fingerprint density at radius 2 is 2.04 bits per heavy atom. The Labute approximate surface area is 171 Å². The van der Waals surface area contributed by atoms with Crippen molar-refractivity contribution in [3.63, 3.8) is 0 Å². The number of nitrogens with one attached hydrogen (secondary N) is 1. The normalized spacial score (nSPS) is 14.8. The zero-order valence-electron chi connectivity index (χ0n) is 15.0. The summed E-state index contributed by atoms with van der Waals surface area (Å²) < 4.78 is 0. The molecule has 4 heterocycles. The summed E-state index contributed by atoms with van der Waals surface area (Å²) in [7, 11) is 0. The summed E-state index contributed by atoms with van der Waals surface area (Å²) >= 11 is 7.60. The second kappa shape index (κ2) is 8.12. The highest BCUT2D eigenvalue weighted by atomic mass is 35.5. The Hall–Kier alpha value is -2.71. The molecule has 3 aromatic heterocycles. The first kappa shape index (κ1) is 18.6. The third-order valence-corrected chi connectivity index (χ3v) is 5.96. The lowest BCUT2D eigenvalue weighted by Gasteiger charge is -2.30. The predicted molar refractivity (Wildman–Crippen MR) is 112 cm³/mol. The van der Waals surface area contributed by atoms with E-state index in [1.807, 2.05) is 24.4 Å². The molecule has 1 aliphatic rings. The van der Waals surface area contributed by atoms with Gasteiger partial charge in [-0.3, -0.25) is 4.79 Å². The Balaban J connectivity index is 1.47. The van der Waals surface area contributed by atoms with Gasteiger partial charge >= 0.3 is 0 Å². The molecule has 0 aromatic carbocycles. The monoisotopic (exact) mass is 414 g/mol. The number of nitrogens with two attached hydrogens (primary N) is 1. The molecule has 1 saturated heterocycles. The third-order valence-electron chi connectivity index (χ3n) is 4.64. The molecule has 3 aromatic rings. The number of rotatable bonds is 5. The van der Waals surface area contributed by atoms with Crippen LogP contribution in [-0.4, -0.2) is 33.9 Å². The van der Waals surface area contributed by atoms with E-state index in [-0.39, 0.29) is 11.8 Å². The molecule has 0 unspecified atom stereocenters. The molecule has 7 nitrogen and oxygen atoms in total. The lowest BCUT2D eigenvalue weighted by molar-refractivity contribution is -0.122. The van der Waals surface area contributed by atoms with E-state index in [9.17, 15) is 4.79 Å². The first-order valence-corrected chi connectivity index (χ1v) is 10.1. The molecule has 0 bridgehead atoms. The number of hydrogen-bond acceptors (Lipinski definition) is 7. The number of anilines is 3. The van der Waals surface area contributed by atoms with Crippen molar-refractivity contribution in [3.8, 4) is 10.6 Å². The maximum Gasteiger partial charge on any atom is 0.220 e. The highest BCUT2D eigenvalue weighted by Crippen LogP contribution is 2.33. The third kappa shape index (κ3) is 4.23. The van der Waals surface area contributed by atoms with E-state index >= 15 is 0 Å². The second-order valence-corrected chi connectivity index (χ2v) is 8.01. The van der Waals surface area contributed by atoms with Crippen molar-refractivity contribution >= 4 is 45.6 Å². The molecule has 0 atom stereocenters. The Bertz CT molecular complexity index is 986. The number of aromatic nitrogens is 3. The van der Waals surface area contributed by atoms with Crippen molar-refractivity contribution in [1.29, 1.82) is 0 Å². The molecule has 0 aliphatic carbocycles. The molecule has 1 fully saturated rings. The van der Waals surface area contributed by atoms with Crippen LogP contribution in [-0.2, 0) is 4.79 Å². The Morgan fingerprint density at radius 3 is 2.79 bits per heavy atom. The molecule has 144 valence electrons. The lowest BCUT2D eigenvalue weighted by atomic mass is 9.97. The summed E-state index contributed by atoms with van der Waals surface area (Å²) in [6.45, 7) is 1.58. The van der Waals surface area contributed by atoms with Crippen LogP contribution in [0.3, 0.4) is 0 Å². The van der Waals surface area contributed by atoms with Gasteiger partial charge in [-0.25, -0.2) is 15.0 Å². The Morgan fingerprint density at radius 1 is 1.21 bits per heavy atom. The number of thiazole rings is 1. The van der Waals surface area contributed by atoms with E-state index < -0.39 is 0 Å². The standard InChI is InChI=1S/C19H19ClN6OS/c20-13-4-7-22-17(10-13)25-16-3-1-2-14(24-16)15-11-23-19(28-15)26-8-5-12(6-9-26)18(21)27/h1-4,7,10-12H,5-6,8-9H2,(H2,21,27)(H,22,24,25). The number of amides is 1. The minimum atomic E-state index is -0.206. The van der Waals surface area contributed by atoms with Gasteiger partial charge in [0.2, 0.25) is 5.91 Å². The van der Waals surface area contributed by atoms with E-state index in [2.05, 4.69) is 25.2 Å². The number of carbonyl (C=O) groups excluding carboxylic acids is 1. The van der Waals surface area contributed by atoms with Gasteiger partial charge < -0.3 is 16.0 Å². The largest absolute Gasteiger partial charge is 0.369 e. The maximum absolute atomic E-state index is 11.3. The van der Waals surface area contributed by atoms with Gasteiger partial charge in [0.05, 0.1) is 10.6 Å². The minimum Gasteiger partial charge on any atom is -0.369 e. The lowest BCUT2D eigenvalue weighted by Crippen LogP contribution is -2.38. The van der Waals surface area contributed by atoms with Crippen LogP contribution in [0, 0.1) is 5.92 Å². The summed E-state index contributed by atoms with van der Waals surface area (Å²) in [4.78, 5) is 28.0. The fraction of sp³-hybridized carbons (Fsp3) is 0.263. The smallest absolute Gasteiger partial charge is 0.220 e. The zero-order valence-corrected chi connectivity index (χ0v) is 16.6. The molecule has 1 aliphatic heterocycles. The zero-order chi connectivity index (χ0) is 19.5. The summed E-state index contributed by atoms with van der Waals surface area (Å²) in [5, 5.41) is 4.72. The summed E-state index contributed by atoms with van der Waals surface area (Å²) in [5.41, 5.74) is 6.25. The van der Waals surface area contributed by atoms with Crippen LogP contribution in [0.25, 0.3) is 10.6 Å². The Kier molecular flexibility index (Phi) is 5.40. The summed E-state index contributed by atoms with van der Waals surface area (Å²) in [6.07, 6.45) is 5.03. The quantitative estimate of drug-likeness (QED) is 0.660. The van der Waals surface area contributed by atoms with Crippen molar-refractivity contribution in [3.05, 3.63) is 47.7 Å². The SMILES string of the molecule is NC(=O)C1CCN(c2ncc(-c3cccc(Nc4cc(Cl)ccn4)n3)s2)CC1.